The summed E-state index contributed by atoms with van der Waals surface area (Å²) in [6, 6.07) is 0. The van der Waals surface area contributed by atoms with Crippen LogP contribution in [0.25, 0.3) is 0 Å². The van der Waals surface area contributed by atoms with E-state index in [4.69, 9.17) is 154 Å². The van der Waals surface area contributed by atoms with E-state index in [0.717, 1.165) is 0 Å². The van der Waals surface area contributed by atoms with Gasteiger partial charge in [0.25, 0.3) is 0 Å². The molecule has 26 N–H and O–H groups in total. The van der Waals surface area contributed by atoms with Gasteiger partial charge in [0.2, 0.25) is 0 Å². The minimum atomic E-state index is -4.64. The molecule has 0 aromatic rings. The van der Waals surface area contributed by atoms with Crippen LogP contribution >= 0.6 is 62.6 Å². The topological polar surface area (TPSA) is 654 Å². The third-order valence-corrected chi connectivity index (χ3v) is 0. The van der Waals surface area contributed by atoms with Gasteiger partial charge in [-0.2, -0.15) is 0 Å². The molecule has 45 heavy (non-hydrogen) atoms. The first-order chi connectivity index (χ1) is 16.0. The van der Waals surface area contributed by atoms with Crippen molar-refractivity contribution in [3.05, 3.63) is 0 Å². The Balaban J connectivity index is -0.0000000233. The van der Waals surface area contributed by atoms with Gasteiger partial charge < -0.3 is 123 Å². The van der Waals surface area contributed by atoms with Crippen molar-refractivity contribution >= 4 is 214 Å². The van der Waals surface area contributed by atoms with Crippen LogP contribution in [0.4, 0.5) is 0 Å². The van der Waals surface area contributed by atoms with Crippen LogP contribution in [-0.4, -0.2) is 274 Å². The van der Waals surface area contributed by atoms with E-state index in [0.29, 0.717) is 0 Å². The van der Waals surface area contributed by atoms with Crippen LogP contribution < -0.4 is 0 Å². The predicted molar refractivity (Wildman–Crippen MR) is 152 cm³/mol. The Bertz CT molecular complexity index is 658. The first-order valence-electron chi connectivity index (χ1n) is 6.26. The van der Waals surface area contributed by atoms with Gasteiger partial charge in [-0.3, -0.25) is 0 Å². The Hall–Kier alpha value is 5.88. The van der Waals surface area contributed by atoms with Crippen LogP contribution in [0.1, 0.15) is 0 Å². The SMILES string of the molecule is O.O=P(O)(O)O.O=P(O)(O)O.O=P(O)(O)O.O=P(O)(O)O.O=P(O)(O)O.O=P(O)(O)O.O=P(O)(O)O.O=P(O)(O)O.[CaH2].[CaH2].[CaH2].[CaH2]. The second-order valence-corrected chi connectivity index (χ2v) is 12.3. The van der Waals surface area contributed by atoms with Crippen LogP contribution in [0.15, 0.2) is 0 Å². The average Bonchev–Trinajstić information content (AvgIpc) is 2.16. The van der Waals surface area contributed by atoms with Gasteiger partial charge in [0.15, 0.2) is 0 Å². The molecule has 280 valence electrons. The fourth-order valence-electron chi connectivity index (χ4n) is 0. The molecule has 0 saturated carbocycles. The molecule has 0 radical (unpaired) electrons. The molecule has 0 saturated heterocycles. The zero-order valence-electron chi connectivity index (χ0n) is 18.1. The summed E-state index contributed by atoms with van der Waals surface area (Å²) in [5.41, 5.74) is 0. The molecule has 45 heteroatoms. The maximum absolute atomic E-state index is 8.88. The summed E-state index contributed by atoms with van der Waals surface area (Å²) in [6.45, 7) is 0. The van der Waals surface area contributed by atoms with Crippen LogP contribution in [0.5, 0.6) is 0 Å². The van der Waals surface area contributed by atoms with E-state index in [2.05, 4.69) is 0 Å². The van der Waals surface area contributed by atoms with Crippen LogP contribution in [-0.2, 0) is 36.5 Å². The molecule has 0 rings (SSSR count). The van der Waals surface area contributed by atoms with Gasteiger partial charge in [-0.25, -0.2) is 36.5 Å². The molecule has 0 aliphatic carbocycles. The first kappa shape index (κ1) is 88.2. The Morgan fingerprint density at radius 2 is 0.178 bits per heavy atom. The molecule has 0 aromatic carbocycles. The zero-order chi connectivity index (χ0) is 36.0. The van der Waals surface area contributed by atoms with E-state index >= 15 is 0 Å². The molecule has 0 amide bonds. The summed E-state index contributed by atoms with van der Waals surface area (Å²) in [4.78, 5) is 172. The van der Waals surface area contributed by atoms with Gasteiger partial charge in [0, 0.05) is 0 Å². The standard InChI is InChI=1S/4Ca.8H3O4P.H2O.8H/c;;;;8*1-5(2,3)4;;;;;;;;;/h;;;;8*(H3,1,2,3,4);1H2;;;;;;;;. The van der Waals surface area contributed by atoms with Crippen molar-refractivity contribution in [2.75, 3.05) is 0 Å². The molecule has 0 fully saturated rings. The summed E-state index contributed by atoms with van der Waals surface area (Å²) in [5.74, 6) is 0. The van der Waals surface area contributed by atoms with Crippen LogP contribution in [0, 0.1) is 0 Å². The maximum atomic E-state index is 8.88. The molecule has 0 spiro atoms. The fraction of sp³-hybridized carbons (Fsp3) is 0. The zero-order valence-corrected chi connectivity index (χ0v) is 25.2. The van der Waals surface area contributed by atoms with Crippen molar-refractivity contribution in [1.29, 1.82) is 0 Å². The Morgan fingerprint density at radius 3 is 0.178 bits per heavy atom. The average molecular weight is 970 g/mol. The molecular weight excluding hydrogens is 936 g/mol. The van der Waals surface area contributed by atoms with Gasteiger partial charge in [0.1, 0.15) is 0 Å². The van der Waals surface area contributed by atoms with Crippen molar-refractivity contribution in [2.45, 2.75) is 0 Å². The van der Waals surface area contributed by atoms with E-state index in [1.165, 1.54) is 0 Å². The Kier molecular flexibility index (Phi) is 80.5. The monoisotopic (exact) mass is 970 g/mol. The van der Waals surface area contributed by atoms with Crippen molar-refractivity contribution < 1.29 is 159 Å². The van der Waals surface area contributed by atoms with Gasteiger partial charge >= 0.3 is 214 Å². The molecule has 0 atom stereocenters. The van der Waals surface area contributed by atoms with Gasteiger partial charge in [0.05, 0.1) is 0 Å². The van der Waals surface area contributed by atoms with Gasteiger partial charge in [-0.1, -0.05) is 0 Å². The van der Waals surface area contributed by atoms with Crippen molar-refractivity contribution in [2.24, 2.45) is 0 Å². The predicted octanol–water partition coefficient (Wildman–Crippen LogP) is -11.9. The normalized spacial score (nSPS) is 10.5. The number of hydrogen-bond acceptors (Lipinski definition) is 8. The molecular formula is H34Ca4O33P8. The van der Waals surface area contributed by atoms with Gasteiger partial charge in [-0.15, -0.1) is 0 Å². The van der Waals surface area contributed by atoms with Gasteiger partial charge in [-0.05, 0) is 0 Å². The third kappa shape index (κ3) is 3310. The number of hydrogen-bond donors (Lipinski definition) is 24. The Labute approximate surface area is 367 Å². The summed E-state index contributed by atoms with van der Waals surface area (Å²) >= 11 is 0. The second-order valence-electron chi connectivity index (χ2n) is 4.11. The van der Waals surface area contributed by atoms with Crippen molar-refractivity contribution in [3.8, 4) is 0 Å². The number of phosphoric acid groups is 8. The van der Waals surface area contributed by atoms with Crippen LogP contribution in [0.3, 0.4) is 0 Å². The minimum absolute atomic E-state index is 0. The van der Waals surface area contributed by atoms with E-state index in [-0.39, 0.29) is 156 Å². The third-order valence-electron chi connectivity index (χ3n) is 0. The van der Waals surface area contributed by atoms with E-state index < -0.39 is 62.6 Å². The molecule has 0 bridgehead atoms. The summed E-state index contributed by atoms with van der Waals surface area (Å²) in [5, 5.41) is 0. The second kappa shape index (κ2) is 41.1. The quantitative estimate of drug-likeness (QED) is 0.0791. The van der Waals surface area contributed by atoms with Crippen LogP contribution in [0.2, 0.25) is 0 Å². The summed E-state index contributed by atoms with van der Waals surface area (Å²) in [6.07, 6.45) is 0. The molecule has 0 aromatic heterocycles. The van der Waals surface area contributed by atoms with E-state index in [1.807, 2.05) is 0 Å². The fourth-order valence-corrected chi connectivity index (χ4v) is 0. The van der Waals surface area contributed by atoms with E-state index in [9.17, 15) is 0 Å². The molecule has 0 aliphatic rings. The summed E-state index contributed by atoms with van der Waals surface area (Å²) in [7, 11) is -37.1. The first-order valence-corrected chi connectivity index (χ1v) is 18.8. The molecule has 0 unspecified atom stereocenters. The summed E-state index contributed by atoms with van der Waals surface area (Å²) < 4.78 is 71.1. The molecule has 0 aliphatic heterocycles. The van der Waals surface area contributed by atoms with E-state index in [1.54, 1.807) is 0 Å². The molecule has 0 heterocycles. The number of rotatable bonds is 0. The van der Waals surface area contributed by atoms with Crippen molar-refractivity contribution in [1.82, 2.24) is 0 Å². The Morgan fingerprint density at radius 1 is 0.178 bits per heavy atom. The van der Waals surface area contributed by atoms with Crippen molar-refractivity contribution in [3.63, 3.8) is 0 Å². The molecule has 33 nitrogen and oxygen atoms in total.